The van der Waals surface area contributed by atoms with Crippen LogP contribution in [0.15, 0.2) is 66.7 Å². The second-order valence-corrected chi connectivity index (χ2v) is 11.3. The highest BCUT2D eigenvalue weighted by molar-refractivity contribution is 6.36. The lowest BCUT2D eigenvalue weighted by atomic mass is 9.94. The molecule has 0 aromatic heterocycles. The van der Waals surface area contributed by atoms with Gasteiger partial charge >= 0.3 is 0 Å². The van der Waals surface area contributed by atoms with E-state index in [9.17, 15) is 9.59 Å². The minimum absolute atomic E-state index is 0.113. The number of nitrogens with one attached hydrogen (secondary N) is 1. The zero-order valence-electron chi connectivity index (χ0n) is 23.7. The summed E-state index contributed by atoms with van der Waals surface area (Å²) in [6, 6.07) is 20.1. The molecule has 1 atom stereocenters. The molecule has 3 aromatic rings. The lowest BCUT2D eigenvalue weighted by molar-refractivity contribution is -0.141. The second-order valence-electron chi connectivity index (χ2n) is 10.5. The van der Waals surface area contributed by atoms with Crippen molar-refractivity contribution < 1.29 is 19.1 Å². The first-order valence-corrected chi connectivity index (χ1v) is 14.9. The van der Waals surface area contributed by atoms with Crippen molar-refractivity contribution in [2.45, 2.75) is 70.0 Å². The van der Waals surface area contributed by atoms with E-state index in [1.165, 1.54) is 6.42 Å². The normalized spacial score (nSPS) is 14.2. The topological polar surface area (TPSA) is 67.9 Å². The number of halogens is 2. The highest BCUT2D eigenvalue weighted by Gasteiger charge is 2.32. The quantitative estimate of drug-likeness (QED) is 0.244. The first-order chi connectivity index (χ1) is 19.9. The van der Waals surface area contributed by atoms with Crippen molar-refractivity contribution in [1.29, 1.82) is 0 Å². The molecule has 0 bridgehead atoms. The van der Waals surface area contributed by atoms with Gasteiger partial charge in [0.05, 0.1) is 14.2 Å². The van der Waals surface area contributed by atoms with Crippen LogP contribution in [0.4, 0.5) is 0 Å². The van der Waals surface area contributed by atoms with Gasteiger partial charge in [0.15, 0.2) is 11.5 Å². The molecule has 0 aliphatic heterocycles. The van der Waals surface area contributed by atoms with Crippen molar-refractivity contribution >= 4 is 35.0 Å². The molecular weight excluding hydrogens is 559 g/mol. The molecular formula is C33H38Cl2N2O4. The van der Waals surface area contributed by atoms with E-state index < -0.39 is 6.04 Å². The van der Waals surface area contributed by atoms with E-state index in [1.807, 2.05) is 48.5 Å². The minimum atomic E-state index is -0.732. The van der Waals surface area contributed by atoms with Crippen molar-refractivity contribution in [3.05, 3.63) is 93.5 Å². The van der Waals surface area contributed by atoms with Crippen LogP contribution < -0.4 is 14.8 Å². The summed E-state index contributed by atoms with van der Waals surface area (Å²) in [6.07, 6.45) is 6.32. The Kier molecular flexibility index (Phi) is 11.3. The van der Waals surface area contributed by atoms with Gasteiger partial charge in [-0.1, -0.05) is 84.9 Å². The maximum Gasteiger partial charge on any atom is 0.243 e. The average molecular weight is 598 g/mol. The van der Waals surface area contributed by atoms with Gasteiger partial charge in [-0.25, -0.2) is 0 Å². The van der Waals surface area contributed by atoms with E-state index in [-0.39, 0.29) is 30.8 Å². The third kappa shape index (κ3) is 8.40. The Bertz CT molecular complexity index is 1290. The smallest absolute Gasteiger partial charge is 0.243 e. The number of hydrogen-bond acceptors (Lipinski definition) is 4. The average Bonchev–Trinajstić information content (AvgIpc) is 2.99. The summed E-state index contributed by atoms with van der Waals surface area (Å²) in [7, 11) is 3.17. The van der Waals surface area contributed by atoms with E-state index in [1.54, 1.807) is 37.3 Å². The van der Waals surface area contributed by atoms with Crippen molar-refractivity contribution in [3.8, 4) is 11.5 Å². The Balaban J connectivity index is 1.64. The zero-order chi connectivity index (χ0) is 29.2. The highest BCUT2D eigenvalue weighted by Crippen LogP contribution is 2.30. The van der Waals surface area contributed by atoms with Crippen molar-refractivity contribution in [1.82, 2.24) is 10.2 Å². The van der Waals surface area contributed by atoms with Crippen molar-refractivity contribution in [2.75, 3.05) is 14.2 Å². The summed E-state index contributed by atoms with van der Waals surface area (Å²) >= 11 is 13.1. The maximum absolute atomic E-state index is 14.1. The predicted octanol–water partition coefficient (Wildman–Crippen LogP) is 7.03. The molecule has 1 saturated carbocycles. The van der Waals surface area contributed by atoms with E-state index in [0.29, 0.717) is 39.9 Å². The number of nitrogens with zero attached hydrogens (tertiary/aromatic N) is 1. The number of rotatable bonds is 12. The Labute approximate surface area is 252 Å². The molecule has 2 amide bonds. The number of aryl methyl sites for hydroxylation is 1. The summed E-state index contributed by atoms with van der Waals surface area (Å²) in [5, 5.41) is 4.18. The third-order valence-electron chi connectivity index (χ3n) is 7.69. The first-order valence-electron chi connectivity index (χ1n) is 14.2. The Hall–Kier alpha value is -3.22. The number of benzene rings is 3. The van der Waals surface area contributed by atoms with Crippen LogP contribution in [0.2, 0.25) is 10.0 Å². The molecule has 6 nitrogen and oxygen atoms in total. The monoisotopic (exact) mass is 596 g/mol. The lowest BCUT2D eigenvalue weighted by Gasteiger charge is -2.34. The second kappa shape index (κ2) is 15.1. The molecule has 1 N–H and O–H groups in total. The molecule has 0 radical (unpaired) electrons. The first kappa shape index (κ1) is 30.7. The number of hydrogen-bond donors (Lipinski definition) is 1. The molecule has 0 saturated heterocycles. The Morgan fingerprint density at radius 3 is 2.22 bits per heavy atom. The van der Waals surface area contributed by atoms with Crippen LogP contribution in [0.1, 0.15) is 55.2 Å². The molecule has 0 heterocycles. The van der Waals surface area contributed by atoms with Crippen LogP contribution in [0.5, 0.6) is 11.5 Å². The largest absolute Gasteiger partial charge is 0.493 e. The van der Waals surface area contributed by atoms with Crippen molar-refractivity contribution in [2.24, 2.45) is 0 Å². The van der Waals surface area contributed by atoms with Gasteiger partial charge in [-0.3, -0.25) is 9.59 Å². The fourth-order valence-electron chi connectivity index (χ4n) is 5.38. The van der Waals surface area contributed by atoms with Crippen LogP contribution >= 0.6 is 23.2 Å². The van der Waals surface area contributed by atoms with Gasteiger partial charge in [0, 0.05) is 41.0 Å². The fraction of sp³-hybridized carbons (Fsp3) is 0.394. The van der Waals surface area contributed by atoms with Crippen LogP contribution in [-0.2, 0) is 29.0 Å². The van der Waals surface area contributed by atoms with E-state index >= 15 is 0 Å². The molecule has 1 fully saturated rings. The number of ether oxygens (including phenoxy) is 2. The van der Waals surface area contributed by atoms with Gasteiger partial charge < -0.3 is 19.7 Å². The van der Waals surface area contributed by atoms with Crippen LogP contribution in [0, 0.1) is 0 Å². The molecule has 3 aromatic carbocycles. The van der Waals surface area contributed by atoms with E-state index in [0.717, 1.165) is 36.8 Å². The molecule has 4 rings (SSSR count). The number of amides is 2. The van der Waals surface area contributed by atoms with Gasteiger partial charge in [0.1, 0.15) is 6.04 Å². The van der Waals surface area contributed by atoms with Gasteiger partial charge in [-0.05, 0) is 54.7 Å². The molecule has 1 aliphatic carbocycles. The summed E-state index contributed by atoms with van der Waals surface area (Å²) in [6.45, 7) is 0.124. The Morgan fingerprint density at radius 1 is 0.878 bits per heavy atom. The van der Waals surface area contributed by atoms with Gasteiger partial charge in [0.2, 0.25) is 11.8 Å². The lowest BCUT2D eigenvalue weighted by Crippen LogP contribution is -2.53. The number of carbonyl (C=O) groups excluding carboxylic acids is 2. The predicted molar refractivity (Wildman–Crippen MR) is 164 cm³/mol. The van der Waals surface area contributed by atoms with E-state index in [2.05, 4.69) is 5.32 Å². The molecule has 41 heavy (non-hydrogen) atoms. The maximum atomic E-state index is 14.1. The summed E-state index contributed by atoms with van der Waals surface area (Å²) < 4.78 is 10.8. The summed E-state index contributed by atoms with van der Waals surface area (Å²) in [5.41, 5.74) is 2.52. The fourth-order valence-corrected chi connectivity index (χ4v) is 5.90. The van der Waals surface area contributed by atoms with Gasteiger partial charge in [-0.2, -0.15) is 0 Å². The van der Waals surface area contributed by atoms with Gasteiger partial charge in [-0.15, -0.1) is 0 Å². The molecule has 0 spiro atoms. The van der Waals surface area contributed by atoms with Crippen molar-refractivity contribution in [3.63, 3.8) is 0 Å². The molecule has 0 unspecified atom stereocenters. The standard InChI is InChI=1S/C33H38Cl2N2O4/c1-40-30-18-16-24(21-31(30)41-2)17-19-32(38)37(22-26-27(34)14-9-15-28(26)35)29(20-23-10-5-3-6-11-23)33(39)36-25-12-7-4-8-13-25/h3,5-6,9-11,14-16,18,21,25,29H,4,7-8,12-13,17,19-20,22H2,1-2H3,(H,36,39)/t29-/m0/s1. The number of carbonyl (C=O) groups is 2. The van der Waals surface area contributed by atoms with E-state index in [4.69, 9.17) is 32.7 Å². The Morgan fingerprint density at radius 2 is 1.56 bits per heavy atom. The summed E-state index contributed by atoms with van der Waals surface area (Å²) in [4.78, 5) is 29.7. The van der Waals surface area contributed by atoms with Crippen LogP contribution in [-0.4, -0.2) is 43.0 Å². The highest BCUT2D eigenvalue weighted by atomic mass is 35.5. The molecule has 1 aliphatic rings. The van der Waals surface area contributed by atoms with Crippen LogP contribution in [0.25, 0.3) is 0 Å². The van der Waals surface area contributed by atoms with Crippen LogP contribution in [0.3, 0.4) is 0 Å². The van der Waals surface area contributed by atoms with Gasteiger partial charge in [0.25, 0.3) is 0 Å². The zero-order valence-corrected chi connectivity index (χ0v) is 25.2. The third-order valence-corrected chi connectivity index (χ3v) is 8.40. The number of methoxy groups -OCH3 is 2. The SMILES string of the molecule is COc1ccc(CCC(=O)N(Cc2c(Cl)cccc2Cl)[C@@H](Cc2ccccc2)C(=O)NC2CCCCC2)cc1OC. The minimum Gasteiger partial charge on any atom is -0.493 e. The molecule has 218 valence electrons. The molecule has 8 heteroatoms. The summed E-state index contributed by atoms with van der Waals surface area (Å²) in [5.74, 6) is 0.921.